The lowest BCUT2D eigenvalue weighted by molar-refractivity contribution is 0.104. The molecule has 3 rings (SSSR count). The molecule has 0 unspecified atom stereocenters. The molecule has 0 atom stereocenters. The summed E-state index contributed by atoms with van der Waals surface area (Å²) in [7, 11) is 7.86. The molecule has 0 saturated heterocycles. The van der Waals surface area contributed by atoms with Gasteiger partial charge in [0.25, 0.3) is 0 Å². The predicted molar refractivity (Wildman–Crippen MR) is 140 cm³/mol. The SMILES string of the molecule is Cc1ccccc1-c1ccc(OCCN(C)C)c(C=CC(=O)c2ccc(O)c(CN(C)C)c2)c1. The van der Waals surface area contributed by atoms with Gasteiger partial charge >= 0.3 is 0 Å². The van der Waals surface area contributed by atoms with Crippen molar-refractivity contribution in [3.63, 3.8) is 0 Å². The van der Waals surface area contributed by atoms with Gasteiger partial charge in [0.15, 0.2) is 5.78 Å². The molecule has 3 aromatic carbocycles. The van der Waals surface area contributed by atoms with Gasteiger partial charge < -0.3 is 19.6 Å². The fraction of sp³-hybridized carbons (Fsp3) is 0.276. The highest BCUT2D eigenvalue weighted by Gasteiger charge is 2.10. The zero-order chi connectivity index (χ0) is 24.7. The highest BCUT2D eigenvalue weighted by Crippen LogP contribution is 2.30. The first kappa shape index (κ1) is 25.2. The Bertz CT molecular complexity index is 1170. The highest BCUT2D eigenvalue weighted by atomic mass is 16.5. The number of ether oxygens (including phenoxy) is 1. The summed E-state index contributed by atoms with van der Waals surface area (Å²) in [5.74, 6) is 0.805. The lowest BCUT2D eigenvalue weighted by atomic mass is 9.98. The number of phenolic OH excluding ortho intramolecular Hbond substituents is 1. The molecule has 0 heterocycles. The molecule has 5 heteroatoms. The van der Waals surface area contributed by atoms with Crippen LogP contribution in [0.25, 0.3) is 17.2 Å². The van der Waals surface area contributed by atoms with Crippen LogP contribution < -0.4 is 4.74 Å². The van der Waals surface area contributed by atoms with Crippen molar-refractivity contribution < 1.29 is 14.6 Å². The number of hydrogen-bond acceptors (Lipinski definition) is 5. The van der Waals surface area contributed by atoms with E-state index in [4.69, 9.17) is 4.74 Å². The van der Waals surface area contributed by atoms with Crippen LogP contribution in [0.4, 0.5) is 0 Å². The van der Waals surface area contributed by atoms with Gasteiger partial charge in [-0.2, -0.15) is 0 Å². The molecular formula is C29H34N2O3. The summed E-state index contributed by atoms with van der Waals surface area (Å²) >= 11 is 0. The summed E-state index contributed by atoms with van der Waals surface area (Å²) < 4.78 is 6.04. The molecule has 0 amide bonds. The summed E-state index contributed by atoms with van der Waals surface area (Å²) in [6.07, 6.45) is 3.38. The number of likely N-dealkylation sites (N-methyl/N-ethyl adjacent to an activating group) is 1. The zero-order valence-corrected chi connectivity index (χ0v) is 20.7. The number of carbonyl (C=O) groups is 1. The normalized spacial score (nSPS) is 11.5. The Labute approximate surface area is 202 Å². The van der Waals surface area contributed by atoms with Crippen LogP contribution in [-0.4, -0.2) is 62.0 Å². The third kappa shape index (κ3) is 6.80. The second kappa shape index (κ2) is 11.6. The first-order valence-electron chi connectivity index (χ1n) is 11.4. The average molecular weight is 459 g/mol. The third-order valence-corrected chi connectivity index (χ3v) is 5.53. The number of aromatic hydroxyl groups is 1. The molecule has 0 aromatic heterocycles. The maximum Gasteiger partial charge on any atom is 0.185 e. The minimum absolute atomic E-state index is 0.124. The van der Waals surface area contributed by atoms with Crippen molar-refractivity contribution in [2.24, 2.45) is 0 Å². The van der Waals surface area contributed by atoms with E-state index in [-0.39, 0.29) is 11.5 Å². The van der Waals surface area contributed by atoms with Crippen LogP contribution in [0, 0.1) is 6.92 Å². The van der Waals surface area contributed by atoms with E-state index in [1.807, 2.05) is 57.4 Å². The Balaban J connectivity index is 1.91. The van der Waals surface area contributed by atoms with Gasteiger partial charge in [0.2, 0.25) is 0 Å². The molecule has 0 saturated carbocycles. The molecule has 0 bridgehead atoms. The van der Waals surface area contributed by atoms with Gasteiger partial charge in [-0.05, 0) is 94.3 Å². The van der Waals surface area contributed by atoms with Crippen molar-refractivity contribution in [1.29, 1.82) is 0 Å². The van der Waals surface area contributed by atoms with Crippen LogP contribution in [0.5, 0.6) is 11.5 Å². The standard InChI is InChI=1S/C29H34N2O3/c1-21-8-6-7-9-26(21)22-12-15-29(34-17-16-30(2)3)24(18-22)11-14-27(32)23-10-13-28(33)25(19-23)20-31(4)5/h6-15,18-19,33H,16-17,20H2,1-5H3. The Morgan fingerprint density at radius 3 is 2.44 bits per heavy atom. The van der Waals surface area contributed by atoms with Gasteiger partial charge in [-0.1, -0.05) is 30.3 Å². The second-order valence-electron chi connectivity index (χ2n) is 9.00. The maximum absolute atomic E-state index is 13.0. The van der Waals surface area contributed by atoms with Crippen molar-refractivity contribution in [2.75, 3.05) is 41.3 Å². The minimum Gasteiger partial charge on any atom is -0.508 e. The monoisotopic (exact) mass is 458 g/mol. The molecule has 0 aliphatic carbocycles. The van der Waals surface area contributed by atoms with Crippen LogP contribution >= 0.6 is 0 Å². The second-order valence-corrected chi connectivity index (χ2v) is 9.00. The van der Waals surface area contributed by atoms with E-state index in [2.05, 4.69) is 36.1 Å². The number of rotatable bonds is 10. The lowest BCUT2D eigenvalue weighted by Gasteiger charge is -2.14. The smallest absolute Gasteiger partial charge is 0.185 e. The van der Waals surface area contributed by atoms with Crippen LogP contribution in [0.1, 0.15) is 27.0 Å². The lowest BCUT2D eigenvalue weighted by Crippen LogP contribution is -2.19. The molecule has 0 radical (unpaired) electrons. The average Bonchev–Trinajstić information content (AvgIpc) is 2.79. The summed E-state index contributed by atoms with van der Waals surface area (Å²) in [6, 6.07) is 19.3. The Kier molecular flexibility index (Phi) is 8.63. The summed E-state index contributed by atoms with van der Waals surface area (Å²) in [5, 5.41) is 10.1. The minimum atomic E-state index is -0.124. The molecule has 1 N–H and O–H groups in total. The van der Waals surface area contributed by atoms with Crippen molar-refractivity contribution in [2.45, 2.75) is 13.5 Å². The summed E-state index contributed by atoms with van der Waals surface area (Å²) in [6.45, 7) is 3.99. The molecule has 0 aliphatic heterocycles. The molecule has 5 nitrogen and oxygen atoms in total. The molecule has 0 spiro atoms. The first-order chi connectivity index (χ1) is 16.2. The van der Waals surface area contributed by atoms with E-state index < -0.39 is 0 Å². The van der Waals surface area contributed by atoms with Gasteiger partial charge in [-0.15, -0.1) is 0 Å². The zero-order valence-electron chi connectivity index (χ0n) is 20.7. The van der Waals surface area contributed by atoms with Crippen molar-refractivity contribution in [3.8, 4) is 22.6 Å². The number of phenols is 1. The maximum atomic E-state index is 13.0. The van der Waals surface area contributed by atoms with Gasteiger partial charge in [-0.25, -0.2) is 0 Å². The Morgan fingerprint density at radius 1 is 0.971 bits per heavy atom. The summed E-state index contributed by atoms with van der Waals surface area (Å²) in [5.41, 5.74) is 5.51. The number of aryl methyl sites for hydroxylation is 1. The molecule has 0 fully saturated rings. The van der Waals surface area contributed by atoms with E-state index in [9.17, 15) is 9.90 Å². The fourth-order valence-corrected chi connectivity index (χ4v) is 3.68. The largest absolute Gasteiger partial charge is 0.508 e. The first-order valence-corrected chi connectivity index (χ1v) is 11.4. The number of allylic oxidation sites excluding steroid dienone is 1. The fourth-order valence-electron chi connectivity index (χ4n) is 3.68. The Hall–Kier alpha value is -3.41. The number of carbonyl (C=O) groups excluding carboxylic acids is 1. The molecule has 3 aromatic rings. The topological polar surface area (TPSA) is 53.0 Å². The van der Waals surface area contributed by atoms with Crippen LogP contribution in [0.15, 0.2) is 66.7 Å². The predicted octanol–water partition coefficient (Wildman–Crippen LogP) is 5.27. The van der Waals surface area contributed by atoms with Crippen LogP contribution in [0.2, 0.25) is 0 Å². The van der Waals surface area contributed by atoms with Gasteiger partial charge in [0, 0.05) is 29.8 Å². The van der Waals surface area contributed by atoms with Gasteiger partial charge in [0.05, 0.1) is 0 Å². The van der Waals surface area contributed by atoms with Gasteiger partial charge in [-0.3, -0.25) is 4.79 Å². The van der Waals surface area contributed by atoms with E-state index in [0.29, 0.717) is 18.7 Å². The molecule has 0 aliphatic rings. The number of benzene rings is 3. The Morgan fingerprint density at radius 2 is 1.74 bits per heavy atom. The highest BCUT2D eigenvalue weighted by molar-refractivity contribution is 6.07. The van der Waals surface area contributed by atoms with Crippen molar-refractivity contribution in [1.82, 2.24) is 9.80 Å². The van der Waals surface area contributed by atoms with E-state index in [0.717, 1.165) is 34.5 Å². The van der Waals surface area contributed by atoms with E-state index >= 15 is 0 Å². The van der Waals surface area contributed by atoms with E-state index in [1.165, 1.54) is 5.56 Å². The van der Waals surface area contributed by atoms with Crippen LogP contribution in [-0.2, 0) is 6.54 Å². The van der Waals surface area contributed by atoms with Crippen molar-refractivity contribution >= 4 is 11.9 Å². The summed E-state index contributed by atoms with van der Waals surface area (Å²) in [4.78, 5) is 17.0. The number of hydrogen-bond donors (Lipinski definition) is 1. The van der Waals surface area contributed by atoms with E-state index in [1.54, 1.807) is 24.3 Å². The molecule has 178 valence electrons. The number of ketones is 1. The van der Waals surface area contributed by atoms with Crippen molar-refractivity contribution in [3.05, 3.63) is 89.0 Å². The quantitative estimate of drug-likeness (QED) is 0.332. The van der Waals surface area contributed by atoms with Gasteiger partial charge in [0.1, 0.15) is 18.1 Å². The molecule has 34 heavy (non-hydrogen) atoms. The molecular weight excluding hydrogens is 424 g/mol. The number of nitrogens with zero attached hydrogens (tertiary/aromatic N) is 2. The third-order valence-electron chi connectivity index (χ3n) is 5.53. The van der Waals surface area contributed by atoms with Crippen LogP contribution in [0.3, 0.4) is 0 Å².